The first kappa shape index (κ1) is 5.35. The number of fused-ring (bicyclic) bond motifs is 1. The SMILES string of the molecule is O=[N+]1[C]=Cc2ccccc21. The van der Waals surface area contributed by atoms with Gasteiger partial charge in [-0.1, -0.05) is 12.1 Å². The van der Waals surface area contributed by atoms with Crippen molar-refractivity contribution in [1.29, 1.82) is 0 Å². The lowest BCUT2D eigenvalue weighted by Crippen LogP contribution is -1.84. The molecule has 2 rings (SSSR count). The summed E-state index contributed by atoms with van der Waals surface area (Å²) in [7, 11) is 0. The van der Waals surface area contributed by atoms with Crippen LogP contribution in [0.15, 0.2) is 24.3 Å². The number of hydrogen-bond donors (Lipinski definition) is 0. The summed E-state index contributed by atoms with van der Waals surface area (Å²) in [5.74, 6) is 0. The van der Waals surface area contributed by atoms with E-state index >= 15 is 0 Å². The zero-order chi connectivity index (χ0) is 6.97. The number of hydrogen-bond acceptors (Lipinski definition) is 1. The van der Waals surface area contributed by atoms with E-state index in [-0.39, 0.29) is 0 Å². The van der Waals surface area contributed by atoms with Gasteiger partial charge in [-0.3, -0.25) is 0 Å². The molecule has 0 aromatic heterocycles. The first-order valence-electron chi connectivity index (χ1n) is 3.03. The smallest absolute Gasteiger partial charge is 0.0612 e. The van der Waals surface area contributed by atoms with Crippen molar-refractivity contribution in [2.75, 3.05) is 0 Å². The van der Waals surface area contributed by atoms with E-state index in [4.69, 9.17) is 0 Å². The fraction of sp³-hybridized carbons (Fsp3) is 0. The number of nitrogens with zero attached hydrogens (tertiary/aromatic N) is 1. The first-order chi connectivity index (χ1) is 4.88. The zero-order valence-electron chi connectivity index (χ0n) is 5.24. The average molecular weight is 131 g/mol. The quantitative estimate of drug-likeness (QED) is 0.492. The largest absolute Gasteiger partial charge is 0.340 e. The Morgan fingerprint density at radius 1 is 1.30 bits per heavy atom. The van der Waals surface area contributed by atoms with Crippen LogP contribution in [0.25, 0.3) is 6.08 Å². The van der Waals surface area contributed by atoms with Gasteiger partial charge in [-0.2, -0.15) is 0 Å². The van der Waals surface area contributed by atoms with E-state index in [0.29, 0.717) is 5.69 Å². The molecule has 1 heterocycles. The summed E-state index contributed by atoms with van der Waals surface area (Å²) in [6, 6.07) is 7.40. The summed E-state index contributed by atoms with van der Waals surface area (Å²) in [6.07, 6.45) is 4.22. The van der Waals surface area contributed by atoms with Gasteiger partial charge < -0.3 is 0 Å². The molecule has 2 nitrogen and oxygen atoms in total. The van der Waals surface area contributed by atoms with Crippen molar-refractivity contribution in [2.45, 2.75) is 0 Å². The highest BCUT2D eigenvalue weighted by Crippen LogP contribution is 2.24. The fourth-order valence-electron chi connectivity index (χ4n) is 0.992. The summed E-state index contributed by atoms with van der Waals surface area (Å²) in [4.78, 5) is 10.8. The van der Waals surface area contributed by atoms with Crippen molar-refractivity contribution in [3.63, 3.8) is 0 Å². The number of nitroso groups, excluding NO2 is 1. The lowest BCUT2D eigenvalue weighted by atomic mass is 10.2. The molecule has 1 aliphatic rings. The lowest BCUT2D eigenvalue weighted by molar-refractivity contribution is -0.396. The van der Waals surface area contributed by atoms with Crippen LogP contribution in [-0.4, -0.2) is 4.76 Å². The molecule has 10 heavy (non-hydrogen) atoms. The summed E-state index contributed by atoms with van der Waals surface area (Å²) in [5, 5.41) is 0. The topological polar surface area (TPSA) is 20.1 Å². The number of rotatable bonds is 0. The molecule has 0 amide bonds. The highest BCUT2D eigenvalue weighted by atomic mass is 16.3. The molecule has 0 saturated carbocycles. The lowest BCUT2D eigenvalue weighted by Gasteiger charge is -1.83. The number of benzene rings is 1. The summed E-state index contributed by atoms with van der Waals surface area (Å²) < 4.78 is 0.745. The van der Waals surface area contributed by atoms with Gasteiger partial charge in [0.25, 0.3) is 5.69 Å². The molecular weight excluding hydrogens is 126 g/mol. The van der Waals surface area contributed by atoms with Crippen LogP contribution in [-0.2, 0) is 0 Å². The number of para-hydroxylation sites is 1. The maximum Gasteiger partial charge on any atom is 0.340 e. The summed E-state index contributed by atoms with van der Waals surface area (Å²) in [5.41, 5.74) is 1.63. The molecule has 0 saturated heterocycles. The predicted molar refractivity (Wildman–Crippen MR) is 37.4 cm³/mol. The van der Waals surface area contributed by atoms with Crippen LogP contribution in [0.2, 0.25) is 0 Å². The molecule has 0 bridgehead atoms. The van der Waals surface area contributed by atoms with Crippen LogP contribution in [0.4, 0.5) is 5.69 Å². The Balaban J connectivity index is 2.70. The molecular formula is C8H5NO+. The molecule has 0 N–H and O–H groups in total. The normalized spacial score (nSPS) is 13.8. The van der Waals surface area contributed by atoms with Crippen LogP contribution >= 0.6 is 0 Å². The zero-order valence-corrected chi connectivity index (χ0v) is 5.24. The van der Waals surface area contributed by atoms with Gasteiger partial charge in [-0.05, 0) is 6.07 Å². The van der Waals surface area contributed by atoms with Crippen molar-refractivity contribution in [3.8, 4) is 0 Å². The second-order valence-electron chi connectivity index (χ2n) is 2.13. The van der Waals surface area contributed by atoms with Gasteiger partial charge in [-0.15, -0.1) is 0 Å². The Morgan fingerprint density at radius 2 is 2.10 bits per heavy atom. The van der Waals surface area contributed by atoms with Crippen LogP contribution in [0.5, 0.6) is 0 Å². The Bertz CT molecular complexity index is 315. The highest BCUT2D eigenvalue weighted by molar-refractivity contribution is 5.61. The molecule has 1 radical (unpaired) electrons. The molecule has 0 spiro atoms. The third-order valence-corrected chi connectivity index (χ3v) is 1.49. The van der Waals surface area contributed by atoms with Gasteiger partial charge >= 0.3 is 6.20 Å². The van der Waals surface area contributed by atoms with Crippen LogP contribution in [0.3, 0.4) is 0 Å². The van der Waals surface area contributed by atoms with Gasteiger partial charge in [-0.25, -0.2) is 0 Å². The molecule has 47 valence electrons. The third-order valence-electron chi connectivity index (χ3n) is 1.49. The second kappa shape index (κ2) is 1.77. The third kappa shape index (κ3) is 0.589. The minimum Gasteiger partial charge on any atom is -0.0612 e. The molecule has 0 atom stereocenters. The van der Waals surface area contributed by atoms with E-state index < -0.39 is 0 Å². The molecule has 0 aliphatic carbocycles. The second-order valence-corrected chi connectivity index (χ2v) is 2.13. The van der Waals surface area contributed by atoms with E-state index in [0.717, 1.165) is 10.3 Å². The summed E-state index contributed by atoms with van der Waals surface area (Å²) in [6.45, 7) is 0. The first-order valence-corrected chi connectivity index (χ1v) is 3.03. The molecule has 0 unspecified atom stereocenters. The van der Waals surface area contributed by atoms with Crippen molar-refractivity contribution in [3.05, 3.63) is 40.9 Å². The Labute approximate surface area is 58.4 Å². The van der Waals surface area contributed by atoms with E-state index in [1.165, 1.54) is 0 Å². The maximum absolute atomic E-state index is 10.8. The Morgan fingerprint density at radius 3 is 2.90 bits per heavy atom. The monoisotopic (exact) mass is 131 g/mol. The van der Waals surface area contributed by atoms with Gasteiger partial charge in [0.05, 0.1) is 10.3 Å². The van der Waals surface area contributed by atoms with Crippen LogP contribution < -0.4 is 0 Å². The van der Waals surface area contributed by atoms with Gasteiger partial charge in [0.15, 0.2) is 0 Å². The van der Waals surface area contributed by atoms with E-state index in [1.807, 2.05) is 18.2 Å². The van der Waals surface area contributed by atoms with E-state index in [1.54, 1.807) is 12.1 Å². The molecule has 1 aromatic carbocycles. The van der Waals surface area contributed by atoms with Crippen molar-refractivity contribution >= 4 is 11.8 Å². The molecule has 1 aliphatic heterocycles. The minimum atomic E-state index is 0.683. The molecule has 1 aromatic rings. The average Bonchev–Trinajstić information content (AvgIpc) is 2.34. The van der Waals surface area contributed by atoms with Crippen LogP contribution in [0, 0.1) is 11.1 Å². The predicted octanol–water partition coefficient (Wildman–Crippen LogP) is 1.88. The van der Waals surface area contributed by atoms with Crippen molar-refractivity contribution < 1.29 is 4.76 Å². The van der Waals surface area contributed by atoms with Crippen molar-refractivity contribution in [2.24, 2.45) is 0 Å². The van der Waals surface area contributed by atoms with E-state index in [2.05, 4.69) is 6.20 Å². The van der Waals surface area contributed by atoms with Gasteiger partial charge in [0.2, 0.25) is 0 Å². The van der Waals surface area contributed by atoms with Gasteiger partial charge in [0, 0.05) is 17.0 Å². The standard InChI is InChI=1S/C8H5NO/c10-9-6-5-7-3-1-2-4-8(7)9/h1-5H/q+1. The van der Waals surface area contributed by atoms with E-state index in [9.17, 15) is 4.91 Å². The van der Waals surface area contributed by atoms with Crippen LogP contribution in [0.1, 0.15) is 5.56 Å². The highest BCUT2D eigenvalue weighted by Gasteiger charge is 2.21. The maximum atomic E-state index is 10.8. The fourth-order valence-corrected chi connectivity index (χ4v) is 0.992. The summed E-state index contributed by atoms with van der Waals surface area (Å²) >= 11 is 0. The van der Waals surface area contributed by atoms with Gasteiger partial charge in [0.1, 0.15) is 0 Å². The van der Waals surface area contributed by atoms with Crippen molar-refractivity contribution in [1.82, 2.24) is 0 Å². The Hall–Kier alpha value is -1.44. The Kier molecular flexibility index (Phi) is 0.947. The minimum absolute atomic E-state index is 0.683. The molecule has 0 fully saturated rings. The molecule has 2 heteroatoms.